The van der Waals surface area contributed by atoms with E-state index in [1.807, 2.05) is 30.3 Å². The van der Waals surface area contributed by atoms with Gasteiger partial charge in [-0.3, -0.25) is 4.79 Å². The minimum atomic E-state index is -0.797. The first kappa shape index (κ1) is 29.8. The standard InChI is InChI=1S/C26H37N3O5S2/c1-2-15-33-16-12-27-13-17-35-36-18-14-28-25(31)24(19-21-8-10-23(30)11-9-21)29-26(32)34-20-22-6-4-3-5-7-22/h3-11,24,27,30H,2,12-20H2,1H3,(H,28,31)(H,29,32). The Morgan fingerprint density at radius 2 is 1.64 bits per heavy atom. The Morgan fingerprint density at radius 3 is 2.36 bits per heavy atom. The zero-order valence-corrected chi connectivity index (χ0v) is 22.4. The molecule has 4 N–H and O–H groups in total. The van der Waals surface area contributed by atoms with Gasteiger partial charge in [-0.05, 0) is 29.7 Å². The van der Waals surface area contributed by atoms with Crippen molar-refractivity contribution in [3.05, 3.63) is 65.7 Å². The predicted octanol–water partition coefficient (Wildman–Crippen LogP) is 3.74. The summed E-state index contributed by atoms with van der Waals surface area (Å²) in [5, 5.41) is 18.4. The van der Waals surface area contributed by atoms with Crippen molar-refractivity contribution in [3.63, 3.8) is 0 Å². The smallest absolute Gasteiger partial charge is 0.408 e. The molecule has 1 unspecified atom stereocenters. The number of nitrogens with one attached hydrogen (secondary N) is 3. The maximum atomic E-state index is 12.8. The normalized spacial score (nSPS) is 11.6. The van der Waals surface area contributed by atoms with E-state index >= 15 is 0 Å². The zero-order chi connectivity index (χ0) is 25.8. The third-order valence-corrected chi connectivity index (χ3v) is 7.31. The minimum absolute atomic E-state index is 0.120. The van der Waals surface area contributed by atoms with Crippen molar-refractivity contribution in [3.8, 4) is 5.75 Å². The van der Waals surface area contributed by atoms with Crippen LogP contribution in [0.5, 0.6) is 5.75 Å². The van der Waals surface area contributed by atoms with Gasteiger partial charge in [0.05, 0.1) is 6.61 Å². The maximum absolute atomic E-state index is 12.8. The van der Waals surface area contributed by atoms with Gasteiger partial charge < -0.3 is 30.5 Å². The summed E-state index contributed by atoms with van der Waals surface area (Å²) in [4.78, 5) is 25.2. The molecule has 2 amide bonds. The van der Waals surface area contributed by atoms with Crippen LogP contribution in [0, 0.1) is 0 Å². The Bertz CT molecular complexity index is 872. The van der Waals surface area contributed by atoms with Crippen LogP contribution >= 0.6 is 21.6 Å². The number of aromatic hydroxyl groups is 1. The van der Waals surface area contributed by atoms with Crippen LogP contribution in [0.1, 0.15) is 24.5 Å². The number of hydrogen-bond donors (Lipinski definition) is 4. The molecule has 2 aromatic carbocycles. The van der Waals surface area contributed by atoms with Crippen LogP contribution in [0.25, 0.3) is 0 Å². The van der Waals surface area contributed by atoms with Crippen molar-refractivity contribution < 1.29 is 24.2 Å². The van der Waals surface area contributed by atoms with E-state index in [9.17, 15) is 14.7 Å². The molecule has 8 nitrogen and oxygen atoms in total. The van der Waals surface area contributed by atoms with Gasteiger partial charge in [-0.25, -0.2) is 4.79 Å². The van der Waals surface area contributed by atoms with Crippen molar-refractivity contribution in [1.29, 1.82) is 0 Å². The molecule has 0 bridgehead atoms. The second kappa shape index (κ2) is 18.8. The Labute approximate surface area is 221 Å². The predicted molar refractivity (Wildman–Crippen MR) is 147 cm³/mol. The summed E-state index contributed by atoms with van der Waals surface area (Å²) in [6.07, 6.45) is 0.659. The van der Waals surface area contributed by atoms with E-state index in [4.69, 9.17) is 9.47 Å². The van der Waals surface area contributed by atoms with Gasteiger partial charge in [0.2, 0.25) is 5.91 Å². The summed E-state index contributed by atoms with van der Waals surface area (Å²) < 4.78 is 10.7. The van der Waals surface area contributed by atoms with Crippen molar-refractivity contribution in [2.75, 3.05) is 44.4 Å². The molecule has 0 heterocycles. The van der Waals surface area contributed by atoms with E-state index in [0.29, 0.717) is 6.54 Å². The summed E-state index contributed by atoms with van der Waals surface area (Å²) in [6.45, 7) is 6.00. The van der Waals surface area contributed by atoms with E-state index in [2.05, 4.69) is 22.9 Å². The van der Waals surface area contributed by atoms with Gasteiger partial charge in [0.15, 0.2) is 0 Å². The molecule has 0 aliphatic heterocycles. The fourth-order valence-electron chi connectivity index (χ4n) is 3.07. The summed E-state index contributed by atoms with van der Waals surface area (Å²) in [7, 11) is 3.44. The molecule has 0 aliphatic rings. The molecule has 0 fully saturated rings. The molecule has 1 atom stereocenters. The van der Waals surface area contributed by atoms with E-state index in [1.54, 1.807) is 45.9 Å². The van der Waals surface area contributed by atoms with Gasteiger partial charge in [-0.1, -0.05) is 71.0 Å². The average molecular weight is 536 g/mol. The number of benzene rings is 2. The van der Waals surface area contributed by atoms with Crippen LogP contribution < -0.4 is 16.0 Å². The highest BCUT2D eigenvalue weighted by Gasteiger charge is 2.22. The summed E-state index contributed by atoms with van der Waals surface area (Å²) >= 11 is 0. The number of phenolic OH excluding ortho intramolecular Hbond substituents is 1. The largest absolute Gasteiger partial charge is 0.508 e. The van der Waals surface area contributed by atoms with E-state index < -0.39 is 12.1 Å². The molecule has 2 rings (SSSR count). The molecule has 0 saturated heterocycles. The Balaban J connectivity index is 1.70. The molecule has 0 spiro atoms. The third kappa shape index (κ3) is 13.6. The van der Waals surface area contributed by atoms with E-state index in [-0.39, 0.29) is 24.7 Å². The molecule has 0 radical (unpaired) electrons. The number of rotatable bonds is 18. The summed E-state index contributed by atoms with van der Waals surface area (Å²) in [6, 6.07) is 15.1. The van der Waals surface area contributed by atoms with Crippen LogP contribution in [0.4, 0.5) is 4.79 Å². The quantitative estimate of drug-likeness (QED) is 0.169. The molecule has 0 aromatic heterocycles. The van der Waals surface area contributed by atoms with Crippen molar-refractivity contribution >= 4 is 33.6 Å². The van der Waals surface area contributed by atoms with Crippen LogP contribution in [-0.4, -0.2) is 67.5 Å². The number of carbonyl (C=O) groups excluding carboxylic acids is 2. The average Bonchev–Trinajstić information content (AvgIpc) is 2.89. The molecular formula is C26H37N3O5S2. The number of alkyl carbamates (subject to hydrolysis) is 1. The topological polar surface area (TPSA) is 109 Å². The summed E-state index contributed by atoms with van der Waals surface area (Å²) in [5.74, 6) is 1.58. The first-order valence-electron chi connectivity index (χ1n) is 12.1. The third-order valence-electron chi connectivity index (χ3n) is 4.90. The SMILES string of the molecule is CCCOCCNCCSSCCNC(=O)C(Cc1ccc(O)cc1)NC(=O)OCc1ccccc1. The molecule has 36 heavy (non-hydrogen) atoms. The van der Waals surface area contributed by atoms with Crippen LogP contribution in [0.2, 0.25) is 0 Å². The lowest BCUT2D eigenvalue weighted by Crippen LogP contribution is -2.48. The molecular weight excluding hydrogens is 498 g/mol. The second-order valence-corrected chi connectivity index (χ2v) is 10.6. The highest BCUT2D eigenvalue weighted by atomic mass is 33.1. The highest BCUT2D eigenvalue weighted by Crippen LogP contribution is 2.19. The number of phenols is 1. The lowest BCUT2D eigenvalue weighted by atomic mass is 10.1. The van der Waals surface area contributed by atoms with Crippen LogP contribution in [0.3, 0.4) is 0 Å². The lowest BCUT2D eigenvalue weighted by molar-refractivity contribution is -0.122. The van der Waals surface area contributed by atoms with Crippen LogP contribution in [0.15, 0.2) is 54.6 Å². The number of carbonyl (C=O) groups is 2. The fraction of sp³-hybridized carbons (Fsp3) is 0.462. The molecule has 10 heteroatoms. The van der Waals surface area contributed by atoms with Gasteiger partial charge >= 0.3 is 6.09 Å². The first-order valence-corrected chi connectivity index (χ1v) is 14.6. The Hall–Kier alpha value is -2.40. The first-order chi connectivity index (χ1) is 17.6. The van der Waals surface area contributed by atoms with Gasteiger partial charge in [0.1, 0.15) is 18.4 Å². The summed E-state index contributed by atoms with van der Waals surface area (Å²) in [5.41, 5.74) is 1.68. The van der Waals surface area contributed by atoms with E-state index in [0.717, 1.165) is 55.4 Å². The fourth-order valence-corrected chi connectivity index (χ4v) is 4.93. The minimum Gasteiger partial charge on any atom is -0.508 e. The number of amides is 2. The number of ether oxygens (including phenoxy) is 2. The molecule has 0 saturated carbocycles. The maximum Gasteiger partial charge on any atom is 0.408 e. The van der Waals surface area contributed by atoms with Crippen molar-refractivity contribution in [2.24, 2.45) is 0 Å². The monoisotopic (exact) mass is 535 g/mol. The van der Waals surface area contributed by atoms with Crippen LogP contribution in [-0.2, 0) is 27.3 Å². The van der Waals surface area contributed by atoms with Gasteiger partial charge in [0, 0.05) is 44.2 Å². The Kier molecular flexibility index (Phi) is 15.6. The van der Waals surface area contributed by atoms with Gasteiger partial charge in [-0.2, -0.15) is 0 Å². The van der Waals surface area contributed by atoms with Crippen molar-refractivity contribution in [1.82, 2.24) is 16.0 Å². The molecule has 198 valence electrons. The number of hydrogen-bond acceptors (Lipinski definition) is 8. The lowest BCUT2D eigenvalue weighted by Gasteiger charge is -2.18. The zero-order valence-electron chi connectivity index (χ0n) is 20.7. The molecule has 0 aliphatic carbocycles. The van der Waals surface area contributed by atoms with Gasteiger partial charge in [0.25, 0.3) is 0 Å². The van der Waals surface area contributed by atoms with Gasteiger partial charge in [-0.15, -0.1) is 0 Å². The molecule has 2 aromatic rings. The Morgan fingerprint density at radius 1 is 0.917 bits per heavy atom. The van der Waals surface area contributed by atoms with E-state index in [1.165, 1.54) is 0 Å². The second-order valence-electron chi connectivity index (χ2n) is 7.93. The van der Waals surface area contributed by atoms with Crippen molar-refractivity contribution in [2.45, 2.75) is 32.4 Å². The highest BCUT2D eigenvalue weighted by molar-refractivity contribution is 8.76.